The van der Waals surface area contributed by atoms with Crippen molar-refractivity contribution in [3.8, 4) is 0 Å². The van der Waals surface area contributed by atoms with Crippen molar-refractivity contribution in [2.45, 2.75) is 4.84 Å². The van der Waals surface area contributed by atoms with E-state index in [1.54, 1.807) is 0 Å². The first kappa shape index (κ1) is 9.52. The number of amides is 1. The summed E-state index contributed by atoms with van der Waals surface area (Å²) in [5.41, 5.74) is 2.00. The highest BCUT2D eigenvalue weighted by atomic mass is 35.5. The lowest BCUT2D eigenvalue weighted by Crippen LogP contribution is -2.17. The number of methoxy groups -OCH3 is 1. The molecule has 0 aromatic carbocycles. The Kier molecular flexibility index (Phi) is 5.06. The average molecular weight is 185 g/mol. The van der Waals surface area contributed by atoms with E-state index in [9.17, 15) is 4.79 Å². The first-order valence-corrected chi connectivity index (χ1v) is 3.19. The van der Waals surface area contributed by atoms with Gasteiger partial charge in [0.2, 0.25) is 0 Å². The number of nitrogens with one attached hydrogen (secondary N) is 1. The van der Waals surface area contributed by atoms with Gasteiger partial charge in [-0.15, -0.1) is 0 Å². The molecule has 4 nitrogen and oxygen atoms in total. The summed E-state index contributed by atoms with van der Waals surface area (Å²) in [6.45, 7) is 0. The number of hydrazone groups is 1. The molecule has 0 unspecified atom stereocenters. The fourth-order valence-corrected chi connectivity index (χ4v) is 0.305. The zero-order chi connectivity index (χ0) is 7.98. The van der Waals surface area contributed by atoms with E-state index in [4.69, 9.17) is 23.2 Å². The summed E-state index contributed by atoms with van der Waals surface area (Å²) >= 11 is 10.5. The number of carbonyl (C=O) groups is 1. The second-order valence-corrected chi connectivity index (χ2v) is 2.38. The second-order valence-electron chi connectivity index (χ2n) is 1.22. The molecule has 1 amide bonds. The van der Waals surface area contributed by atoms with Gasteiger partial charge in [-0.2, -0.15) is 5.10 Å². The maximum absolute atomic E-state index is 10.3. The lowest BCUT2D eigenvalue weighted by Gasteiger charge is -1.94. The zero-order valence-corrected chi connectivity index (χ0v) is 6.69. The monoisotopic (exact) mass is 184 g/mol. The van der Waals surface area contributed by atoms with Crippen LogP contribution in [-0.4, -0.2) is 24.3 Å². The van der Waals surface area contributed by atoms with Crippen LogP contribution >= 0.6 is 23.2 Å². The van der Waals surface area contributed by atoms with Crippen LogP contribution < -0.4 is 5.43 Å². The average Bonchev–Trinajstić information content (AvgIpc) is 1.87. The summed E-state index contributed by atoms with van der Waals surface area (Å²) < 4.78 is 4.18. The fourth-order valence-electron chi connectivity index (χ4n) is 0.192. The van der Waals surface area contributed by atoms with Crippen molar-refractivity contribution in [3.63, 3.8) is 0 Å². The minimum absolute atomic E-state index is 0.662. The van der Waals surface area contributed by atoms with Crippen LogP contribution in [-0.2, 0) is 4.74 Å². The van der Waals surface area contributed by atoms with Gasteiger partial charge in [-0.25, -0.2) is 10.2 Å². The molecule has 0 bridgehead atoms. The summed E-state index contributed by atoms with van der Waals surface area (Å²) in [5.74, 6) is 0. The molecule has 0 aliphatic rings. The molecule has 6 heteroatoms. The Labute approximate surface area is 68.1 Å². The molecule has 0 rings (SSSR count). The van der Waals surface area contributed by atoms with Crippen molar-refractivity contribution >= 4 is 35.5 Å². The van der Waals surface area contributed by atoms with E-state index in [0.29, 0.717) is 0 Å². The van der Waals surface area contributed by atoms with Crippen LogP contribution in [0.2, 0.25) is 0 Å². The van der Waals surface area contributed by atoms with Crippen LogP contribution in [0.3, 0.4) is 0 Å². The van der Waals surface area contributed by atoms with Crippen LogP contribution in [0.5, 0.6) is 0 Å². The van der Waals surface area contributed by atoms with Gasteiger partial charge in [0, 0.05) is 0 Å². The Balaban J connectivity index is 3.43. The van der Waals surface area contributed by atoms with Gasteiger partial charge in [0.1, 0.15) is 4.84 Å². The maximum atomic E-state index is 10.3. The summed E-state index contributed by atoms with van der Waals surface area (Å²) in [6, 6.07) is 0. The maximum Gasteiger partial charge on any atom is 0.427 e. The lowest BCUT2D eigenvalue weighted by atomic mass is 10.9. The van der Waals surface area contributed by atoms with Crippen LogP contribution in [0, 0.1) is 0 Å². The van der Waals surface area contributed by atoms with Gasteiger partial charge >= 0.3 is 6.09 Å². The van der Waals surface area contributed by atoms with Crippen molar-refractivity contribution in [2.75, 3.05) is 7.11 Å². The standard InChI is InChI=1S/C4H6Cl2N2O2/c1-10-4(9)8-7-2-3(5)6/h2-3H,1H3,(H,8,9). The molecule has 0 aromatic heterocycles. The van der Waals surface area contributed by atoms with E-state index in [1.165, 1.54) is 7.11 Å². The number of ether oxygens (including phenoxy) is 1. The normalized spacial score (nSPS) is 10.4. The van der Waals surface area contributed by atoms with Crippen molar-refractivity contribution in [2.24, 2.45) is 5.10 Å². The molecule has 0 atom stereocenters. The lowest BCUT2D eigenvalue weighted by molar-refractivity contribution is 0.171. The van der Waals surface area contributed by atoms with Gasteiger partial charge in [-0.05, 0) is 0 Å². The number of carbonyl (C=O) groups excluding carboxylic acids is 1. The van der Waals surface area contributed by atoms with Crippen LogP contribution in [0.4, 0.5) is 4.79 Å². The second kappa shape index (κ2) is 5.32. The summed E-state index contributed by atoms with van der Waals surface area (Å²) in [6.07, 6.45) is 0.491. The molecule has 0 saturated carbocycles. The minimum Gasteiger partial charge on any atom is -0.452 e. The number of hydrogen-bond donors (Lipinski definition) is 1. The zero-order valence-electron chi connectivity index (χ0n) is 5.17. The number of rotatable bonds is 2. The first-order chi connectivity index (χ1) is 4.66. The predicted octanol–water partition coefficient (Wildman–Crippen LogP) is 1.13. The molecule has 0 fully saturated rings. The third kappa shape index (κ3) is 5.65. The van der Waals surface area contributed by atoms with Gasteiger partial charge in [0.05, 0.1) is 13.3 Å². The molecule has 0 saturated heterocycles. The van der Waals surface area contributed by atoms with E-state index < -0.39 is 10.9 Å². The quantitative estimate of drug-likeness (QED) is 0.398. The number of hydrogen-bond acceptors (Lipinski definition) is 3. The minimum atomic E-state index is -0.725. The largest absolute Gasteiger partial charge is 0.452 e. The van der Waals surface area contributed by atoms with Gasteiger partial charge < -0.3 is 4.74 Å². The highest BCUT2D eigenvalue weighted by molar-refractivity contribution is 6.51. The highest BCUT2D eigenvalue weighted by Gasteiger charge is 1.94. The molecule has 0 spiro atoms. The summed E-state index contributed by atoms with van der Waals surface area (Å²) in [4.78, 5) is 9.54. The van der Waals surface area contributed by atoms with E-state index in [2.05, 4.69) is 9.84 Å². The van der Waals surface area contributed by atoms with Crippen LogP contribution in [0.1, 0.15) is 0 Å². The van der Waals surface area contributed by atoms with Gasteiger partial charge in [0.15, 0.2) is 0 Å². The molecule has 0 aliphatic carbocycles. The third-order valence-electron chi connectivity index (χ3n) is 0.528. The van der Waals surface area contributed by atoms with Crippen LogP contribution in [0.25, 0.3) is 0 Å². The molecule has 0 aromatic rings. The van der Waals surface area contributed by atoms with Crippen molar-refractivity contribution in [1.82, 2.24) is 5.43 Å². The van der Waals surface area contributed by atoms with Gasteiger partial charge in [0.25, 0.3) is 0 Å². The third-order valence-corrected chi connectivity index (χ3v) is 0.754. The molecular formula is C4H6Cl2N2O2. The first-order valence-electron chi connectivity index (χ1n) is 2.32. The fraction of sp³-hybridized carbons (Fsp3) is 0.500. The highest BCUT2D eigenvalue weighted by Crippen LogP contribution is 1.95. The number of nitrogens with zero attached hydrogens (tertiary/aromatic N) is 1. The van der Waals surface area contributed by atoms with E-state index in [-0.39, 0.29) is 0 Å². The number of halogens is 2. The number of alkyl halides is 2. The van der Waals surface area contributed by atoms with E-state index >= 15 is 0 Å². The van der Waals surface area contributed by atoms with Crippen molar-refractivity contribution in [3.05, 3.63) is 0 Å². The van der Waals surface area contributed by atoms with Crippen molar-refractivity contribution < 1.29 is 9.53 Å². The Morgan fingerprint density at radius 1 is 1.80 bits per heavy atom. The Morgan fingerprint density at radius 3 is 2.80 bits per heavy atom. The van der Waals surface area contributed by atoms with Gasteiger partial charge in [-0.3, -0.25) is 0 Å². The molecule has 1 N–H and O–H groups in total. The molecule has 58 valence electrons. The van der Waals surface area contributed by atoms with Gasteiger partial charge in [-0.1, -0.05) is 23.2 Å². The topological polar surface area (TPSA) is 50.7 Å². The van der Waals surface area contributed by atoms with E-state index in [0.717, 1.165) is 6.21 Å². The van der Waals surface area contributed by atoms with E-state index in [1.807, 2.05) is 5.43 Å². The predicted molar refractivity (Wildman–Crippen MR) is 39.5 cm³/mol. The SMILES string of the molecule is COC(=O)NN=CC(Cl)Cl. The Morgan fingerprint density at radius 2 is 2.40 bits per heavy atom. The smallest absolute Gasteiger partial charge is 0.427 e. The Bertz CT molecular complexity index is 137. The molecule has 0 radical (unpaired) electrons. The molecule has 0 aliphatic heterocycles. The summed E-state index contributed by atoms with van der Waals surface area (Å²) in [5, 5.41) is 3.33. The summed E-state index contributed by atoms with van der Waals surface area (Å²) in [7, 11) is 1.23. The molecule has 0 heterocycles. The van der Waals surface area contributed by atoms with Crippen LogP contribution in [0.15, 0.2) is 5.10 Å². The molecular weight excluding hydrogens is 179 g/mol. The Hall–Kier alpha value is -0.480. The van der Waals surface area contributed by atoms with Crippen molar-refractivity contribution in [1.29, 1.82) is 0 Å². The molecule has 10 heavy (non-hydrogen) atoms.